The first-order valence-electron chi connectivity index (χ1n) is 6.27. The molecule has 1 aromatic rings. The van der Waals surface area contributed by atoms with Gasteiger partial charge in [-0.2, -0.15) is 5.26 Å². The van der Waals surface area contributed by atoms with Crippen LogP contribution in [-0.4, -0.2) is 30.6 Å². The Morgan fingerprint density at radius 2 is 2.25 bits per heavy atom. The highest BCUT2D eigenvalue weighted by Gasteiger charge is 2.30. The molecule has 0 aliphatic heterocycles. The van der Waals surface area contributed by atoms with E-state index in [-0.39, 0.29) is 29.6 Å². The molecule has 0 radical (unpaired) electrons. The van der Waals surface area contributed by atoms with Gasteiger partial charge in [0, 0.05) is 25.2 Å². The maximum atomic E-state index is 12.0. The van der Waals surface area contributed by atoms with Crippen LogP contribution in [0.1, 0.15) is 42.2 Å². The predicted octanol–water partition coefficient (Wildman–Crippen LogP) is 1.10. The Balaban J connectivity index is 2.17. The molecule has 2 rings (SSSR count). The minimum atomic E-state index is -3.73. The Kier molecular flexibility index (Phi) is 4.11. The van der Waals surface area contributed by atoms with Gasteiger partial charge in [-0.1, -0.05) is 0 Å². The molecule has 0 saturated heterocycles. The summed E-state index contributed by atoms with van der Waals surface area (Å²) in [6.45, 7) is 0.160. The molecule has 1 aliphatic rings. The lowest BCUT2D eigenvalue weighted by molar-refractivity contribution is 0.0685. The molecule has 108 valence electrons. The van der Waals surface area contributed by atoms with Gasteiger partial charge in [0.15, 0.2) is 0 Å². The lowest BCUT2D eigenvalue weighted by Crippen LogP contribution is -2.24. The molecule has 0 atom stereocenters. The lowest BCUT2D eigenvalue weighted by atomic mass is 10.3. The molecule has 20 heavy (non-hydrogen) atoms. The zero-order valence-electron chi connectivity index (χ0n) is 10.7. The molecule has 7 nitrogen and oxygen atoms in total. The van der Waals surface area contributed by atoms with Gasteiger partial charge in [-0.05, 0) is 25.3 Å². The molecule has 0 unspecified atom stereocenters. The second-order valence-corrected chi connectivity index (χ2v) is 6.43. The normalized spacial score (nSPS) is 14.9. The standard InChI is InChI=1S/C12H15N3O4S/c13-5-1-2-6-14-20(18,19)10-7-11(12(16)17)15(8-10)9-3-4-9/h7-9,14H,1-4,6H2,(H,16,17). The number of carboxylic acids is 1. The van der Waals surface area contributed by atoms with E-state index in [0.29, 0.717) is 6.42 Å². The summed E-state index contributed by atoms with van der Waals surface area (Å²) in [4.78, 5) is 11.1. The Morgan fingerprint density at radius 1 is 1.55 bits per heavy atom. The van der Waals surface area contributed by atoms with Gasteiger partial charge in [-0.25, -0.2) is 17.9 Å². The van der Waals surface area contributed by atoms with E-state index < -0.39 is 16.0 Å². The van der Waals surface area contributed by atoms with Gasteiger partial charge < -0.3 is 9.67 Å². The monoisotopic (exact) mass is 297 g/mol. The number of rotatable bonds is 7. The minimum absolute atomic E-state index is 0.00935. The van der Waals surface area contributed by atoms with Crippen LogP contribution in [0.3, 0.4) is 0 Å². The van der Waals surface area contributed by atoms with Gasteiger partial charge in [0.05, 0.1) is 6.07 Å². The van der Waals surface area contributed by atoms with Crippen molar-refractivity contribution in [2.45, 2.75) is 36.6 Å². The van der Waals surface area contributed by atoms with E-state index in [1.807, 2.05) is 6.07 Å². The summed E-state index contributed by atoms with van der Waals surface area (Å²) >= 11 is 0. The van der Waals surface area contributed by atoms with E-state index in [1.54, 1.807) is 0 Å². The fourth-order valence-electron chi connectivity index (χ4n) is 1.88. The van der Waals surface area contributed by atoms with Crippen LogP contribution in [0.5, 0.6) is 0 Å². The molecule has 1 heterocycles. The Labute approximate surface area is 116 Å². The molecule has 0 amide bonds. The number of carboxylic acid groups (broad SMARTS) is 1. The largest absolute Gasteiger partial charge is 0.477 e. The topological polar surface area (TPSA) is 112 Å². The molecule has 1 aromatic heterocycles. The van der Waals surface area contributed by atoms with Crippen LogP contribution < -0.4 is 4.72 Å². The maximum Gasteiger partial charge on any atom is 0.352 e. The van der Waals surface area contributed by atoms with Gasteiger partial charge in [0.25, 0.3) is 0 Å². The van der Waals surface area contributed by atoms with Crippen LogP contribution in [0, 0.1) is 11.3 Å². The summed E-state index contributed by atoms with van der Waals surface area (Å²) in [5, 5.41) is 17.5. The average molecular weight is 297 g/mol. The first kappa shape index (κ1) is 14.6. The minimum Gasteiger partial charge on any atom is -0.477 e. The van der Waals surface area contributed by atoms with Crippen molar-refractivity contribution in [1.82, 2.24) is 9.29 Å². The first-order chi connectivity index (χ1) is 9.45. The third-order valence-corrected chi connectivity index (χ3v) is 4.48. The van der Waals surface area contributed by atoms with Crippen molar-refractivity contribution in [2.75, 3.05) is 6.54 Å². The highest BCUT2D eigenvalue weighted by molar-refractivity contribution is 7.89. The van der Waals surface area contributed by atoms with Crippen molar-refractivity contribution in [3.63, 3.8) is 0 Å². The van der Waals surface area contributed by atoms with E-state index in [9.17, 15) is 13.2 Å². The Morgan fingerprint density at radius 3 is 2.80 bits per heavy atom. The number of nitrogens with zero attached hydrogens (tertiary/aromatic N) is 2. The number of aromatic nitrogens is 1. The number of aromatic carboxylic acids is 1. The van der Waals surface area contributed by atoms with Crippen LogP contribution >= 0.6 is 0 Å². The van der Waals surface area contributed by atoms with Crippen LogP contribution in [0.2, 0.25) is 0 Å². The molecule has 2 N–H and O–H groups in total. The molecule has 1 fully saturated rings. The average Bonchev–Trinajstić information content (AvgIpc) is 3.12. The SMILES string of the molecule is N#CCCCNS(=O)(=O)c1cc(C(=O)O)n(C2CC2)c1. The van der Waals surface area contributed by atoms with Gasteiger partial charge in [0.2, 0.25) is 10.0 Å². The van der Waals surface area contributed by atoms with Gasteiger partial charge >= 0.3 is 5.97 Å². The second-order valence-electron chi connectivity index (χ2n) is 4.66. The van der Waals surface area contributed by atoms with Gasteiger partial charge in [-0.15, -0.1) is 0 Å². The van der Waals surface area contributed by atoms with Crippen molar-refractivity contribution in [3.8, 4) is 6.07 Å². The fraction of sp³-hybridized carbons (Fsp3) is 0.500. The quantitative estimate of drug-likeness (QED) is 0.732. The lowest BCUT2D eigenvalue weighted by Gasteiger charge is -2.03. The number of hydrogen-bond donors (Lipinski definition) is 2. The summed E-state index contributed by atoms with van der Waals surface area (Å²) in [5.41, 5.74) is -0.00935. The van der Waals surface area contributed by atoms with E-state index in [2.05, 4.69) is 4.72 Å². The third-order valence-electron chi connectivity index (χ3n) is 3.05. The van der Waals surface area contributed by atoms with Crippen molar-refractivity contribution >= 4 is 16.0 Å². The summed E-state index contributed by atoms with van der Waals surface area (Å²) in [5.74, 6) is -1.14. The second kappa shape index (κ2) is 5.64. The highest BCUT2D eigenvalue weighted by Crippen LogP contribution is 2.37. The van der Waals surface area contributed by atoms with Crippen molar-refractivity contribution in [2.24, 2.45) is 0 Å². The summed E-state index contributed by atoms with van der Waals surface area (Å²) in [6, 6.07) is 3.19. The van der Waals surface area contributed by atoms with Crippen LogP contribution in [0.4, 0.5) is 0 Å². The number of nitriles is 1. The molecular formula is C12H15N3O4S. The first-order valence-corrected chi connectivity index (χ1v) is 7.76. The molecule has 0 spiro atoms. The Hall–Kier alpha value is -1.85. The molecule has 1 aliphatic carbocycles. The van der Waals surface area contributed by atoms with Gasteiger partial charge in [0.1, 0.15) is 10.6 Å². The van der Waals surface area contributed by atoms with Crippen molar-refractivity contribution in [3.05, 3.63) is 18.0 Å². The fourth-order valence-corrected chi connectivity index (χ4v) is 2.98. The number of sulfonamides is 1. The highest BCUT2D eigenvalue weighted by atomic mass is 32.2. The number of nitrogens with one attached hydrogen (secondary N) is 1. The number of hydrogen-bond acceptors (Lipinski definition) is 4. The molecule has 0 bridgehead atoms. The zero-order valence-corrected chi connectivity index (χ0v) is 11.6. The van der Waals surface area contributed by atoms with Crippen molar-refractivity contribution < 1.29 is 18.3 Å². The Bertz CT molecular complexity index is 653. The third kappa shape index (κ3) is 3.18. The van der Waals surface area contributed by atoms with E-state index >= 15 is 0 Å². The van der Waals surface area contributed by atoms with E-state index in [0.717, 1.165) is 12.8 Å². The molecular weight excluding hydrogens is 282 g/mol. The molecule has 0 aromatic carbocycles. The predicted molar refractivity (Wildman–Crippen MR) is 69.7 cm³/mol. The molecule has 8 heteroatoms. The molecule has 1 saturated carbocycles. The summed E-state index contributed by atoms with van der Waals surface area (Å²) in [6.07, 6.45) is 3.79. The smallest absolute Gasteiger partial charge is 0.352 e. The van der Waals surface area contributed by atoms with Gasteiger partial charge in [-0.3, -0.25) is 0 Å². The van der Waals surface area contributed by atoms with Crippen LogP contribution in [0.15, 0.2) is 17.2 Å². The van der Waals surface area contributed by atoms with Crippen LogP contribution in [0.25, 0.3) is 0 Å². The summed E-state index contributed by atoms with van der Waals surface area (Å²) in [7, 11) is -3.73. The van der Waals surface area contributed by atoms with Crippen LogP contribution in [-0.2, 0) is 10.0 Å². The zero-order chi connectivity index (χ0) is 14.8. The van der Waals surface area contributed by atoms with E-state index in [1.165, 1.54) is 16.8 Å². The number of carbonyl (C=O) groups is 1. The van der Waals surface area contributed by atoms with E-state index in [4.69, 9.17) is 10.4 Å². The van der Waals surface area contributed by atoms with Crippen molar-refractivity contribution in [1.29, 1.82) is 5.26 Å². The summed E-state index contributed by atoms with van der Waals surface area (Å²) < 4.78 is 27.9. The maximum absolute atomic E-state index is 12.0. The number of unbranched alkanes of at least 4 members (excludes halogenated alkanes) is 1.